The number of aromatic nitrogens is 1. The lowest BCUT2D eigenvalue weighted by molar-refractivity contribution is -0.140. The van der Waals surface area contributed by atoms with Crippen molar-refractivity contribution in [3.8, 4) is 0 Å². The van der Waals surface area contributed by atoms with Gasteiger partial charge in [0.25, 0.3) is 5.91 Å². The third-order valence-electron chi connectivity index (χ3n) is 2.20. The molecule has 1 rings (SSSR count). The van der Waals surface area contributed by atoms with E-state index in [0.29, 0.717) is 16.7 Å². The van der Waals surface area contributed by atoms with Gasteiger partial charge in [-0.25, -0.2) is 4.98 Å². The molecule has 0 fully saturated rings. The van der Waals surface area contributed by atoms with Gasteiger partial charge >= 0.3 is 5.97 Å². The average molecular weight is 301 g/mol. The fourth-order valence-electron chi connectivity index (χ4n) is 1.19. The number of methoxy groups -OCH3 is 1. The van der Waals surface area contributed by atoms with Gasteiger partial charge in [0.05, 0.1) is 19.1 Å². The van der Waals surface area contributed by atoms with Crippen LogP contribution < -0.4 is 0 Å². The van der Waals surface area contributed by atoms with Crippen LogP contribution in [0.1, 0.15) is 16.8 Å². The van der Waals surface area contributed by atoms with Gasteiger partial charge in [0.2, 0.25) is 0 Å². The maximum absolute atomic E-state index is 11.9. The third kappa shape index (κ3) is 4.14. The Labute approximate surface area is 108 Å². The summed E-state index contributed by atoms with van der Waals surface area (Å²) in [5, 5.41) is 0. The van der Waals surface area contributed by atoms with Gasteiger partial charge < -0.3 is 9.64 Å². The molecule has 1 aromatic rings. The Morgan fingerprint density at radius 2 is 2.18 bits per heavy atom. The number of rotatable bonds is 4. The zero-order valence-electron chi connectivity index (χ0n) is 9.64. The highest BCUT2D eigenvalue weighted by Gasteiger charge is 2.13. The Morgan fingerprint density at radius 1 is 1.47 bits per heavy atom. The molecule has 0 unspecified atom stereocenters. The number of ether oxygens (including phenoxy) is 1. The fourth-order valence-corrected chi connectivity index (χ4v) is 1.42. The number of carbonyl (C=O) groups excluding carboxylic acids is 2. The smallest absolute Gasteiger partial charge is 0.307 e. The number of hydrogen-bond donors (Lipinski definition) is 0. The SMILES string of the molecule is COC(=O)CCN(C)C(=O)c1ccc(Br)nc1. The summed E-state index contributed by atoms with van der Waals surface area (Å²) in [5.41, 5.74) is 0.487. The molecule has 1 heterocycles. The van der Waals surface area contributed by atoms with E-state index in [1.807, 2.05) is 0 Å². The van der Waals surface area contributed by atoms with Crippen LogP contribution in [0.15, 0.2) is 22.9 Å². The minimum absolute atomic E-state index is 0.172. The molecule has 0 aliphatic rings. The standard InChI is InChI=1S/C11H13BrN2O3/c1-14(6-5-10(15)17-2)11(16)8-3-4-9(12)13-7-8/h3-4,7H,5-6H2,1-2H3. The van der Waals surface area contributed by atoms with Crippen LogP contribution in [0.3, 0.4) is 0 Å². The van der Waals surface area contributed by atoms with Gasteiger partial charge in [0.15, 0.2) is 0 Å². The first-order chi connectivity index (χ1) is 8.04. The van der Waals surface area contributed by atoms with Crippen LogP contribution in [0.5, 0.6) is 0 Å². The molecule has 92 valence electrons. The molecular weight excluding hydrogens is 288 g/mol. The van der Waals surface area contributed by atoms with Crippen molar-refractivity contribution in [3.63, 3.8) is 0 Å². The van der Waals surface area contributed by atoms with E-state index in [1.165, 1.54) is 18.2 Å². The first-order valence-corrected chi connectivity index (χ1v) is 5.77. The first kappa shape index (κ1) is 13.6. The summed E-state index contributed by atoms with van der Waals surface area (Å²) in [4.78, 5) is 28.2. The van der Waals surface area contributed by atoms with Crippen LogP contribution in [0, 0.1) is 0 Å². The van der Waals surface area contributed by atoms with Gasteiger partial charge in [-0.3, -0.25) is 9.59 Å². The molecule has 0 saturated carbocycles. The number of hydrogen-bond acceptors (Lipinski definition) is 4. The molecule has 0 aromatic carbocycles. The number of halogens is 1. The summed E-state index contributed by atoms with van der Waals surface area (Å²) in [6.45, 7) is 0.321. The molecule has 5 nitrogen and oxygen atoms in total. The second-order valence-corrected chi connectivity index (χ2v) is 4.23. The van der Waals surface area contributed by atoms with Crippen molar-refractivity contribution in [1.29, 1.82) is 0 Å². The van der Waals surface area contributed by atoms with Crippen molar-refractivity contribution < 1.29 is 14.3 Å². The predicted octanol–water partition coefficient (Wildman–Crippen LogP) is 1.48. The summed E-state index contributed by atoms with van der Waals surface area (Å²) in [6.07, 6.45) is 1.67. The highest BCUT2D eigenvalue weighted by atomic mass is 79.9. The van der Waals surface area contributed by atoms with Gasteiger partial charge in [-0.05, 0) is 28.1 Å². The lowest BCUT2D eigenvalue weighted by Gasteiger charge is -2.16. The highest BCUT2D eigenvalue weighted by molar-refractivity contribution is 9.10. The number of nitrogens with zero attached hydrogens (tertiary/aromatic N) is 2. The van der Waals surface area contributed by atoms with E-state index in [1.54, 1.807) is 19.2 Å². The summed E-state index contributed by atoms with van der Waals surface area (Å²) in [6, 6.07) is 3.37. The van der Waals surface area contributed by atoms with Crippen LogP contribution in [0.4, 0.5) is 0 Å². The van der Waals surface area contributed by atoms with Crippen molar-refractivity contribution >= 4 is 27.8 Å². The number of amides is 1. The Kier molecular flexibility index (Phi) is 5.09. The van der Waals surface area contributed by atoms with Crippen molar-refractivity contribution in [3.05, 3.63) is 28.5 Å². The third-order valence-corrected chi connectivity index (χ3v) is 2.67. The van der Waals surface area contributed by atoms with E-state index in [4.69, 9.17) is 0 Å². The van der Waals surface area contributed by atoms with E-state index >= 15 is 0 Å². The maximum Gasteiger partial charge on any atom is 0.307 e. The van der Waals surface area contributed by atoms with Crippen molar-refractivity contribution in [1.82, 2.24) is 9.88 Å². The number of esters is 1. The fraction of sp³-hybridized carbons (Fsp3) is 0.364. The van der Waals surface area contributed by atoms with E-state index in [2.05, 4.69) is 25.7 Å². The lowest BCUT2D eigenvalue weighted by Crippen LogP contribution is -2.29. The Morgan fingerprint density at radius 3 is 2.71 bits per heavy atom. The van der Waals surface area contributed by atoms with Crippen LogP contribution in [0.2, 0.25) is 0 Å². The molecule has 0 bridgehead atoms. The molecule has 1 aromatic heterocycles. The second kappa shape index (κ2) is 6.34. The van der Waals surface area contributed by atoms with Gasteiger partial charge in [0.1, 0.15) is 4.60 Å². The molecule has 0 aliphatic carbocycles. The monoisotopic (exact) mass is 300 g/mol. The van der Waals surface area contributed by atoms with Gasteiger partial charge in [0, 0.05) is 19.8 Å². The number of carbonyl (C=O) groups is 2. The topological polar surface area (TPSA) is 59.5 Å². The summed E-state index contributed by atoms with van der Waals surface area (Å²) in [7, 11) is 2.95. The maximum atomic E-state index is 11.9. The van der Waals surface area contributed by atoms with Gasteiger partial charge in [-0.15, -0.1) is 0 Å². The van der Waals surface area contributed by atoms with Crippen LogP contribution >= 0.6 is 15.9 Å². The van der Waals surface area contributed by atoms with Crippen LogP contribution in [0.25, 0.3) is 0 Å². The zero-order chi connectivity index (χ0) is 12.8. The van der Waals surface area contributed by atoms with Crippen molar-refractivity contribution in [2.24, 2.45) is 0 Å². The highest BCUT2D eigenvalue weighted by Crippen LogP contribution is 2.08. The molecule has 0 N–H and O–H groups in total. The van der Waals surface area contributed by atoms with Gasteiger partial charge in [-0.2, -0.15) is 0 Å². The summed E-state index contributed by atoms with van der Waals surface area (Å²) < 4.78 is 5.18. The Balaban J connectivity index is 2.57. The molecule has 0 atom stereocenters. The van der Waals surface area contributed by atoms with E-state index in [-0.39, 0.29) is 18.3 Å². The number of pyridine rings is 1. The normalized spacial score (nSPS) is 9.82. The molecular formula is C11H13BrN2O3. The van der Waals surface area contributed by atoms with Crippen molar-refractivity contribution in [2.45, 2.75) is 6.42 Å². The van der Waals surface area contributed by atoms with E-state index in [9.17, 15) is 9.59 Å². The quantitative estimate of drug-likeness (QED) is 0.624. The predicted molar refractivity (Wildman–Crippen MR) is 65.5 cm³/mol. The summed E-state index contributed by atoms with van der Waals surface area (Å²) >= 11 is 3.19. The second-order valence-electron chi connectivity index (χ2n) is 3.42. The zero-order valence-corrected chi connectivity index (χ0v) is 11.2. The largest absolute Gasteiger partial charge is 0.469 e. The minimum Gasteiger partial charge on any atom is -0.469 e. The summed E-state index contributed by atoms with van der Waals surface area (Å²) in [5.74, 6) is -0.507. The Hall–Kier alpha value is -1.43. The molecule has 0 aliphatic heterocycles. The molecule has 0 spiro atoms. The van der Waals surface area contributed by atoms with Crippen LogP contribution in [-0.4, -0.2) is 42.5 Å². The minimum atomic E-state index is -0.335. The van der Waals surface area contributed by atoms with E-state index in [0.717, 1.165) is 0 Å². The molecule has 0 saturated heterocycles. The lowest BCUT2D eigenvalue weighted by atomic mass is 10.2. The van der Waals surface area contributed by atoms with E-state index < -0.39 is 0 Å². The van der Waals surface area contributed by atoms with Gasteiger partial charge in [-0.1, -0.05) is 0 Å². The average Bonchev–Trinajstić information content (AvgIpc) is 2.35. The first-order valence-electron chi connectivity index (χ1n) is 4.98. The molecule has 0 radical (unpaired) electrons. The molecule has 1 amide bonds. The molecule has 17 heavy (non-hydrogen) atoms. The van der Waals surface area contributed by atoms with Crippen molar-refractivity contribution in [2.75, 3.05) is 20.7 Å². The Bertz CT molecular complexity index is 406. The molecule has 6 heteroatoms. The van der Waals surface area contributed by atoms with Crippen LogP contribution in [-0.2, 0) is 9.53 Å².